The number of nitrogens with zero attached hydrogens (tertiary/aromatic N) is 2. The number of hydrogen-bond donors (Lipinski definition) is 3. The van der Waals surface area contributed by atoms with Gasteiger partial charge in [0, 0.05) is 31.8 Å². The lowest BCUT2D eigenvalue weighted by molar-refractivity contribution is -0.130. The van der Waals surface area contributed by atoms with E-state index in [4.69, 9.17) is 10.9 Å². The summed E-state index contributed by atoms with van der Waals surface area (Å²) >= 11 is 0. The largest absolute Gasteiger partial charge is 0.409 e. The van der Waals surface area contributed by atoms with Gasteiger partial charge < -0.3 is 21.2 Å². The number of nitrogens with two attached hydrogens (primary N) is 1. The molecule has 1 aromatic rings. The molecule has 0 radical (unpaired) electrons. The van der Waals surface area contributed by atoms with Gasteiger partial charge in [-0.05, 0) is 13.0 Å². The number of amidine groups is 1. The number of nitrogens with one attached hydrogen (secondary N) is 1. The zero-order valence-electron chi connectivity index (χ0n) is 11.7. The van der Waals surface area contributed by atoms with E-state index < -0.39 is 11.9 Å². The van der Waals surface area contributed by atoms with E-state index in [0.29, 0.717) is 11.1 Å². The maximum Gasteiger partial charge on any atom is 0.238 e. The van der Waals surface area contributed by atoms with Crippen LogP contribution in [0.5, 0.6) is 0 Å². The Morgan fingerprint density at radius 3 is 2.70 bits per heavy atom. The minimum absolute atomic E-state index is 0.0845. The SMILES string of the molecule is CC(NCc1ccc(C(N)=NO)cc1F)C(=O)N(C)C. The third-order valence-electron chi connectivity index (χ3n) is 2.87. The molecule has 20 heavy (non-hydrogen) atoms. The van der Waals surface area contributed by atoms with Crippen molar-refractivity contribution in [1.29, 1.82) is 0 Å². The zero-order valence-corrected chi connectivity index (χ0v) is 11.7. The van der Waals surface area contributed by atoms with Crippen LogP contribution >= 0.6 is 0 Å². The van der Waals surface area contributed by atoms with Crippen molar-refractivity contribution < 1.29 is 14.4 Å². The minimum atomic E-state index is -0.480. The molecule has 0 aromatic heterocycles. The van der Waals surface area contributed by atoms with Crippen LogP contribution in [-0.4, -0.2) is 42.0 Å². The van der Waals surface area contributed by atoms with Gasteiger partial charge in [0.05, 0.1) is 6.04 Å². The van der Waals surface area contributed by atoms with E-state index in [2.05, 4.69) is 10.5 Å². The van der Waals surface area contributed by atoms with E-state index in [1.807, 2.05) is 0 Å². The van der Waals surface area contributed by atoms with Crippen LogP contribution in [0.15, 0.2) is 23.4 Å². The lowest BCUT2D eigenvalue weighted by Crippen LogP contribution is -2.41. The van der Waals surface area contributed by atoms with Gasteiger partial charge in [0.1, 0.15) is 5.82 Å². The molecule has 1 unspecified atom stereocenters. The van der Waals surface area contributed by atoms with Crippen LogP contribution in [0, 0.1) is 5.82 Å². The third-order valence-corrected chi connectivity index (χ3v) is 2.87. The fourth-order valence-electron chi connectivity index (χ4n) is 1.65. The van der Waals surface area contributed by atoms with Gasteiger partial charge >= 0.3 is 0 Å². The van der Waals surface area contributed by atoms with Crippen molar-refractivity contribution in [3.05, 3.63) is 35.1 Å². The van der Waals surface area contributed by atoms with Crippen molar-refractivity contribution in [3.8, 4) is 0 Å². The standard InChI is InChI=1S/C13H19FN4O2/c1-8(13(19)18(2)3)16-7-10-5-4-9(6-11(10)14)12(15)17-20/h4-6,8,16,20H,7H2,1-3H3,(H2,15,17). The van der Waals surface area contributed by atoms with Crippen molar-refractivity contribution in [2.24, 2.45) is 10.9 Å². The molecular formula is C13H19FN4O2. The number of likely N-dealkylation sites (N-methyl/N-ethyl adjacent to an activating group) is 1. The van der Waals surface area contributed by atoms with Gasteiger partial charge in [0.2, 0.25) is 5.91 Å². The highest BCUT2D eigenvalue weighted by atomic mass is 19.1. The van der Waals surface area contributed by atoms with Crippen LogP contribution in [-0.2, 0) is 11.3 Å². The molecule has 0 saturated carbocycles. The fourth-order valence-corrected chi connectivity index (χ4v) is 1.65. The number of halogens is 1. The molecule has 4 N–H and O–H groups in total. The molecular weight excluding hydrogens is 263 g/mol. The summed E-state index contributed by atoms with van der Waals surface area (Å²) < 4.78 is 13.8. The first kappa shape index (κ1) is 15.9. The molecule has 0 spiro atoms. The second kappa shape index (κ2) is 6.85. The second-order valence-electron chi connectivity index (χ2n) is 4.63. The summed E-state index contributed by atoms with van der Waals surface area (Å²) in [5, 5.41) is 14.3. The Hall–Kier alpha value is -2.15. The number of amides is 1. The molecule has 0 aliphatic rings. The second-order valence-corrected chi connectivity index (χ2v) is 4.63. The quantitative estimate of drug-likeness (QED) is 0.317. The van der Waals surface area contributed by atoms with Crippen LogP contribution in [0.1, 0.15) is 18.1 Å². The summed E-state index contributed by atoms with van der Waals surface area (Å²) in [5.74, 6) is -0.718. The molecule has 1 rings (SSSR count). The third kappa shape index (κ3) is 3.92. The Kier molecular flexibility index (Phi) is 5.45. The van der Waals surface area contributed by atoms with E-state index in [0.717, 1.165) is 0 Å². The number of oxime groups is 1. The number of hydrogen-bond acceptors (Lipinski definition) is 4. The summed E-state index contributed by atoms with van der Waals surface area (Å²) in [6.07, 6.45) is 0. The Morgan fingerprint density at radius 1 is 1.55 bits per heavy atom. The summed E-state index contributed by atoms with van der Waals surface area (Å²) in [7, 11) is 3.32. The first-order chi connectivity index (χ1) is 9.36. The molecule has 0 aliphatic heterocycles. The Balaban J connectivity index is 2.73. The van der Waals surface area contributed by atoms with Gasteiger partial charge in [-0.2, -0.15) is 0 Å². The lowest BCUT2D eigenvalue weighted by atomic mass is 10.1. The van der Waals surface area contributed by atoms with Gasteiger partial charge in [-0.3, -0.25) is 4.79 Å². The molecule has 110 valence electrons. The molecule has 6 nitrogen and oxygen atoms in total. The first-order valence-electron chi connectivity index (χ1n) is 6.07. The normalized spacial score (nSPS) is 13.1. The van der Waals surface area contributed by atoms with E-state index in [1.54, 1.807) is 27.1 Å². The van der Waals surface area contributed by atoms with E-state index in [1.165, 1.54) is 17.0 Å². The molecule has 0 bridgehead atoms. The highest BCUT2D eigenvalue weighted by Crippen LogP contribution is 2.10. The monoisotopic (exact) mass is 282 g/mol. The minimum Gasteiger partial charge on any atom is -0.409 e. The summed E-state index contributed by atoms with van der Waals surface area (Å²) in [6, 6.07) is 3.86. The van der Waals surface area contributed by atoms with Crippen LogP contribution in [0.25, 0.3) is 0 Å². The molecule has 0 aliphatic carbocycles. The first-order valence-corrected chi connectivity index (χ1v) is 6.07. The van der Waals surface area contributed by atoms with E-state index >= 15 is 0 Å². The number of benzene rings is 1. The smallest absolute Gasteiger partial charge is 0.238 e. The molecule has 0 fully saturated rings. The van der Waals surface area contributed by atoms with Crippen molar-refractivity contribution in [2.45, 2.75) is 19.5 Å². The Bertz CT molecular complexity index is 517. The fraction of sp³-hybridized carbons (Fsp3) is 0.385. The Labute approximate surface area is 117 Å². The molecule has 1 amide bonds. The van der Waals surface area contributed by atoms with E-state index in [-0.39, 0.29) is 18.3 Å². The topological polar surface area (TPSA) is 91.0 Å². The lowest BCUT2D eigenvalue weighted by Gasteiger charge is -2.18. The summed E-state index contributed by atoms with van der Waals surface area (Å²) in [6.45, 7) is 1.92. The van der Waals surface area contributed by atoms with Gasteiger partial charge in [0.25, 0.3) is 0 Å². The average Bonchev–Trinajstić information content (AvgIpc) is 2.43. The van der Waals surface area contributed by atoms with Gasteiger partial charge in [-0.15, -0.1) is 0 Å². The molecule has 7 heteroatoms. The van der Waals surface area contributed by atoms with Gasteiger partial charge in [-0.1, -0.05) is 17.3 Å². The van der Waals surface area contributed by atoms with Gasteiger partial charge in [-0.25, -0.2) is 4.39 Å². The summed E-state index contributed by atoms with van der Waals surface area (Å²) in [5.41, 5.74) is 6.07. The molecule has 0 heterocycles. The number of carbonyl (C=O) groups excluding carboxylic acids is 1. The molecule has 0 saturated heterocycles. The summed E-state index contributed by atoms with van der Waals surface area (Å²) in [4.78, 5) is 13.1. The van der Waals surface area contributed by atoms with E-state index in [9.17, 15) is 9.18 Å². The zero-order chi connectivity index (χ0) is 15.3. The van der Waals surface area contributed by atoms with Crippen molar-refractivity contribution in [1.82, 2.24) is 10.2 Å². The molecule has 1 aromatic carbocycles. The maximum absolute atomic E-state index is 13.8. The van der Waals surface area contributed by atoms with Crippen LogP contribution in [0.4, 0.5) is 4.39 Å². The van der Waals surface area contributed by atoms with Crippen molar-refractivity contribution >= 4 is 11.7 Å². The number of carbonyl (C=O) groups is 1. The van der Waals surface area contributed by atoms with Crippen LogP contribution in [0.3, 0.4) is 0 Å². The maximum atomic E-state index is 13.8. The highest BCUT2D eigenvalue weighted by Gasteiger charge is 2.15. The predicted octanol–water partition coefficient (Wildman–Crippen LogP) is 0.486. The number of rotatable bonds is 5. The average molecular weight is 282 g/mol. The highest BCUT2D eigenvalue weighted by molar-refractivity contribution is 5.97. The van der Waals surface area contributed by atoms with Crippen molar-refractivity contribution in [2.75, 3.05) is 14.1 Å². The van der Waals surface area contributed by atoms with Crippen molar-refractivity contribution in [3.63, 3.8) is 0 Å². The van der Waals surface area contributed by atoms with Crippen LogP contribution in [0.2, 0.25) is 0 Å². The van der Waals surface area contributed by atoms with Crippen LogP contribution < -0.4 is 11.1 Å². The predicted molar refractivity (Wildman–Crippen MR) is 73.9 cm³/mol. The molecule has 1 atom stereocenters. The Morgan fingerprint density at radius 2 is 2.20 bits per heavy atom. The van der Waals surface area contributed by atoms with Gasteiger partial charge in [0.15, 0.2) is 5.84 Å².